The molecule has 0 saturated heterocycles. The minimum Gasteiger partial charge on any atom is -0.478 e. The zero-order chi connectivity index (χ0) is 19.1. The van der Waals surface area contributed by atoms with E-state index in [0.717, 1.165) is 29.5 Å². The van der Waals surface area contributed by atoms with E-state index in [4.69, 9.17) is 9.84 Å². The van der Waals surface area contributed by atoms with E-state index in [1.807, 2.05) is 6.92 Å². The lowest BCUT2D eigenvalue weighted by molar-refractivity contribution is 0.0691. The van der Waals surface area contributed by atoms with E-state index < -0.39 is 29.1 Å². The molecule has 0 aliphatic heterocycles. The van der Waals surface area contributed by atoms with Crippen LogP contribution in [0.3, 0.4) is 0 Å². The molecule has 7 heteroatoms. The van der Waals surface area contributed by atoms with E-state index in [0.29, 0.717) is 6.61 Å². The first-order chi connectivity index (χ1) is 12.5. The molecular formula is C19H19F2NO4. The van der Waals surface area contributed by atoms with Crippen molar-refractivity contribution in [1.82, 2.24) is 0 Å². The van der Waals surface area contributed by atoms with E-state index in [1.54, 1.807) is 0 Å². The summed E-state index contributed by atoms with van der Waals surface area (Å²) < 4.78 is 33.1. The quantitative estimate of drug-likeness (QED) is 0.726. The Morgan fingerprint density at radius 1 is 1.08 bits per heavy atom. The molecule has 2 rings (SSSR count). The van der Waals surface area contributed by atoms with Gasteiger partial charge in [-0.15, -0.1) is 0 Å². The number of rotatable bonds is 8. The smallest absolute Gasteiger partial charge is 0.338 e. The van der Waals surface area contributed by atoms with Gasteiger partial charge in [0.15, 0.2) is 5.82 Å². The van der Waals surface area contributed by atoms with Gasteiger partial charge in [-0.3, -0.25) is 4.79 Å². The van der Waals surface area contributed by atoms with Gasteiger partial charge in [0.1, 0.15) is 5.82 Å². The van der Waals surface area contributed by atoms with Gasteiger partial charge in [0.25, 0.3) is 5.91 Å². The van der Waals surface area contributed by atoms with Crippen molar-refractivity contribution < 1.29 is 28.2 Å². The highest BCUT2D eigenvalue weighted by Gasteiger charge is 2.24. The molecule has 0 radical (unpaired) electrons. The monoisotopic (exact) mass is 363 g/mol. The molecule has 0 aliphatic carbocycles. The largest absolute Gasteiger partial charge is 0.478 e. The molecule has 5 nitrogen and oxygen atoms in total. The average Bonchev–Trinajstić information content (AvgIpc) is 2.62. The van der Waals surface area contributed by atoms with Gasteiger partial charge in [-0.05, 0) is 42.8 Å². The lowest BCUT2D eigenvalue weighted by atomic mass is 10.1. The van der Waals surface area contributed by atoms with E-state index in [9.17, 15) is 18.4 Å². The molecule has 0 aliphatic rings. The number of ether oxygens (including phenoxy) is 1. The number of nitrogens with zero attached hydrogens (tertiary/aromatic N) is 1. The van der Waals surface area contributed by atoms with Gasteiger partial charge in [-0.25, -0.2) is 13.6 Å². The highest BCUT2D eigenvalue weighted by atomic mass is 19.1. The Morgan fingerprint density at radius 2 is 1.77 bits per heavy atom. The minimum atomic E-state index is -1.43. The standard InChI is InChI=1S/C19H19F2NO4/c1-2-11-26-12-10-22(18(23)13-6-8-14(20)9-7-13)16-5-3-4-15(17(16)21)19(24)25/h3-9H,2,10-12H2,1H3,(H,24,25). The first-order valence-corrected chi connectivity index (χ1v) is 8.12. The first kappa shape index (κ1) is 19.5. The van der Waals surface area contributed by atoms with Gasteiger partial charge in [-0.2, -0.15) is 0 Å². The Kier molecular flexibility index (Phi) is 6.80. The fraction of sp³-hybridized carbons (Fsp3) is 0.263. The van der Waals surface area contributed by atoms with Gasteiger partial charge >= 0.3 is 5.97 Å². The SMILES string of the molecule is CCCOCCN(C(=O)c1ccc(F)cc1)c1cccc(C(=O)O)c1F. The zero-order valence-electron chi connectivity index (χ0n) is 14.2. The van der Waals surface area contributed by atoms with Crippen molar-refractivity contribution in [3.8, 4) is 0 Å². The van der Waals surface area contributed by atoms with Crippen LogP contribution in [0.2, 0.25) is 0 Å². The lowest BCUT2D eigenvalue weighted by Crippen LogP contribution is -2.35. The molecule has 1 N–H and O–H groups in total. The molecule has 0 atom stereocenters. The molecule has 26 heavy (non-hydrogen) atoms. The summed E-state index contributed by atoms with van der Waals surface area (Å²) in [6.07, 6.45) is 0.786. The van der Waals surface area contributed by atoms with Crippen LogP contribution >= 0.6 is 0 Å². The summed E-state index contributed by atoms with van der Waals surface area (Å²) in [5, 5.41) is 9.09. The van der Waals surface area contributed by atoms with Crippen LogP contribution in [0.5, 0.6) is 0 Å². The van der Waals surface area contributed by atoms with Gasteiger partial charge in [-0.1, -0.05) is 13.0 Å². The Bertz CT molecular complexity index is 778. The molecule has 138 valence electrons. The summed E-state index contributed by atoms with van der Waals surface area (Å²) in [4.78, 5) is 25.1. The van der Waals surface area contributed by atoms with Crippen molar-refractivity contribution in [3.63, 3.8) is 0 Å². The van der Waals surface area contributed by atoms with Gasteiger partial charge < -0.3 is 14.7 Å². The molecule has 2 aromatic carbocycles. The van der Waals surface area contributed by atoms with Gasteiger partial charge in [0.2, 0.25) is 0 Å². The summed E-state index contributed by atoms with van der Waals surface area (Å²) in [6, 6.07) is 8.64. The maximum Gasteiger partial charge on any atom is 0.338 e. The van der Waals surface area contributed by atoms with Crippen LogP contribution in [-0.4, -0.2) is 36.7 Å². The normalized spacial score (nSPS) is 10.6. The number of hydrogen-bond donors (Lipinski definition) is 1. The fourth-order valence-corrected chi connectivity index (χ4v) is 2.38. The summed E-state index contributed by atoms with van der Waals surface area (Å²) >= 11 is 0. The lowest BCUT2D eigenvalue weighted by Gasteiger charge is -2.24. The zero-order valence-corrected chi connectivity index (χ0v) is 14.2. The Morgan fingerprint density at radius 3 is 2.38 bits per heavy atom. The first-order valence-electron chi connectivity index (χ1n) is 8.12. The molecule has 0 saturated carbocycles. The number of aromatic carboxylic acids is 1. The molecule has 1 amide bonds. The van der Waals surface area contributed by atoms with Crippen molar-refractivity contribution in [2.24, 2.45) is 0 Å². The minimum absolute atomic E-state index is 0.0240. The number of carbonyl (C=O) groups is 2. The third-order valence-electron chi connectivity index (χ3n) is 3.64. The number of halogens is 2. The molecule has 0 heterocycles. The summed E-state index contributed by atoms with van der Waals surface area (Å²) in [5.41, 5.74) is -0.546. The molecule has 0 spiro atoms. The number of carbonyl (C=O) groups excluding carboxylic acids is 1. The highest BCUT2D eigenvalue weighted by molar-refractivity contribution is 6.06. The number of benzene rings is 2. The third kappa shape index (κ3) is 4.64. The van der Waals surface area contributed by atoms with E-state index in [2.05, 4.69) is 0 Å². The van der Waals surface area contributed by atoms with E-state index in [1.165, 1.54) is 24.3 Å². The molecule has 0 bridgehead atoms. The van der Waals surface area contributed by atoms with E-state index in [-0.39, 0.29) is 24.4 Å². The Balaban J connectivity index is 2.37. The van der Waals surface area contributed by atoms with Crippen molar-refractivity contribution in [3.05, 3.63) is 65.2 Å². The number of hydrogen-bond acceptors (Lipinski definition) is 3. The molecule has 2 aromatic rings. The number of carboxylic acid groups (broad SMARTS) is 1. The Hall–Kier alpha value is -2.80. The van der Waals surface area contributed by atoms with Crippen molar-refractivity contribution in [2.75, 3.05) is 24.7 Å². The fourth-order valence-electron chi connectivity index (χ4n) is 2.38. The third-order valence-corrected chi connectivity index (χ3v) is 3.64. The summed E-state index contributed by atoms with van der Waals surface area (Å²) in [6.45, 7) is 2.58. The Labute approximate surface area is 149 Å². The average molecular weight is 363 g/mol. The molecule has 0 aromatic heterocycles. The predicted octanol–water partition coefficient (Wildman–Crippen LogP) is 3.74. The number of carboxylic acids is 1. The summed E-state index contributed by atoms with van der Waals surface area (Å²) in [7, 11) is 0. The van der Waals surface area contributed by atoms with Crippen LogP contribution < -0.4 is 4.90 Å². The van der Waals surface area contributed by atoms with Gasteiger partial charge in [0, 0.05) is 18.7 Å². The van der Waals surface area contributed by atoms with Crippen LogP contribution in [0, 0.1) is 11.6 Å². The van der Waals surface area contributed by atoms with Gasteiger partial charge in [0.05, 0.1) is 17.9 Å². The van der Waals surface area contributed by atoms with Crippen molar-refractivity contribution in [1.29, 1.82) is 0 Å². The second kappa shape index (κ2) is 9.05. The van der Waals surface area contributed by atoms with E-state index >= 15 is 0 Å². The second-order valence-electron chi connectivity index (χ2n) is 5.52. The number of amides is 1. The maximum absolute atomic E-state index is 14.6. The molecular weight excluding hydrogens is 344 g/mol. The molecule has 0 unspecified atom stereocenters. The van der Waals surface area contributed by atoms with Crippen LogP contribution in [-0.2, 0) is 4.74 Å². The van der Waals surface area contributed by atoms with Crippen LogP contribution in [0.1, 0.15) is 34.1 Å². The second-order valence-corrected chi connectivity index (χ2v) is 5.52. The number of anilines is 1. The maximum atomic E-state index is 14.6. The van der Waals surface area contributed by atoms with Crippen LogP contribution in [0.25, 0.3) is 0 Å². The van der Waals surface area contributed by atoms with Crippen molar-refractivity contribution >= 4 is 17.6 Å². The molecule has 0 fully saturated rings. The summed E-state index contributed by atoms with van der Waals surface area (Å²) in [5.74, 6) is -3.52. The van der Waals surface area contributed by atoms with Crippen LogP contribution in [0.15, 0.2) is 42.5 Å². The highest BCUT2D eigenvalue weighted by Crippen LogP contribution is 2.24. The topological polar surface area (TPSA) is 66.8 Å². The predicted molar refractivity (Wildman–Crippen MR) is 92.5 cm³/mol. The van der Waals surface area contributed by atoms with Crippen LogP contribution in [0.4, 0.5) is 14.5 Å². The van der Waals surface area contributed by atoms with Crippen molar-refractivity contribution in [2.45, 2.75) is 13.3 Å².